The maximum absolute atomic E-state index is 14.2. The molecule has 0 fully saturated rings. The molecule has 1 aromatic heterocycles. The van der Waals surface area contributed by atoms with Crippen LogP contribution in [0.5, 0.6) is 0 Å². The molecule has 5 nitrogen and oxygen atoms in total. The number of aliphatic hydroxyl groups is 1. The van der Waals surface area contributed by atoms with E-state index in [9.17, 15) is 24.2 Å². The molecule has 0 saturated carbocycles. The van der Waals surface area contributed by atoms with Gasteiger partial charge in [0.1, 0.15) is 11.4 Å². The van der Waals surface area contributed by atoms with Crippen LogP contribution in [0.4, 0.5) is 4.39 Å². The molecule has 3 rings (SSSR count). The number of aromatic nitrogens is 1. The molecule has 146 valence electrons. The number of aromatic carboxylic acids is 1. The van der Waals surface area contributed by atoms with E-state index in [0.717, 1.165) is 0 Å². The third-order valence-electron chi connectivity index (χ3n) is 4.83. The topological polar surface area (TPSA) is 79.5 Å². The molecule has 7 heteroatoms. The van der Waals surface area contributed by atoms with E-state index < -0.39 is 17.2 Å². The summed E-state index contributed by atoms with van der Waals surface area (Å²) in [5.41, 5.74) is 0.567. The highest BCUT2D eigenvalue weighted by atomic mass is 35.5. The number of carboxylic acids is 1. The molecule has 0 bridgehead atoms. The van der Waals surface area contributed by atoms with Gasteiger partial charge in [-0.2, -0.15) is 0 Å². The minimum atomic E-state index is -1.33. The Morgan fingerprint density at radius 2 is 2.04 bits per heavy atom. The fraction of sp³-hybridized carbons (Fsp3) is 0.238. The second kappa shape index (κ2) is 8.12. The Kier molecular flexibility index (Phi) is 5.82. The average Bonchev–Trinajstić information content (AvgIpc) is 2.68. The molecule has 0 aliphatic rings. The predicted octanol–water partition coefficient (Wildman–Crippen LogP) is 4.03. The van der Waals surface area contributed by atoms with Gasteiger partial charge in [-0.1, -0.05) is 36.7 Å². The Morgan fingerprint density at radius 1 is 1.29 bits per heavy atom. The van der Waals surface area contributed by atoms with Crippen LogP contribution in [-0.4, -0.2) is 27.4 Å². The quantitative estimate of drug-likeness (QED) is 0.651. The number of aliphatic hydroxyl groups excluding tert-OH is 1. The van der Waals surface area contributed by atoms with Crippen LogP contribution < -0.4 is 5.43 Å². The highest BCUT2D eigenvalue weighted by molar-refractivity contribution is 6.30. The summed E-state index contributed by atoms with van der Waals surface area (Å²) in [6.45, 7) is 1.67. The van der Waals surface area contributed by atoms with E-state index in [2.05, 4.69) is 0 Å². The van der Waals surface area contributed by atoms with E-state index in [0.29, 0.717) is 23.1 Å². The Hall–Kier alpha value is -2.70. The van der Waals surface area contributed by atoms with E-state index >= 15 is 0 Å². The summed E-state index contributed by atoms with van der Waals surface area (Å²) in [7, 11) is 0. The lowest BCUT2D eigenvalue weighted by atomic mass is 10.0. The van der Waals surface area contributed by atoms with E-state index in [4.69, 9.17) is 11.6 Å². The second-order valence-corrected chi connectivity index (χ2v) is 6.98. The molecule has 0 saturated heterocycles. The Labute approximate surface area is 165 Å². The van der Waals surface area contributed by atoms with Crippen LogP contribution in [0.25, 0.3) is 10.9 Å². The van der Waals surface area contributed by atoms with Crippen LogP contribution in [-0.2, 0) is 6.42 Å². The Bertz CT molecular complexity index is 1110. The van der Waals surface area contributed by atoms with Gasteiger partial charge in [0.2, 0.25) is 5.43 Å². The van der Waals surface area contributed by atoms with Gasteiger partial charge in [-0.25, -0.2) is 9.18 Å². The van der Waals surface area contributed by atoms with Crippen LogP contribution in [0.3, 0.4) is 0 Å². The summed E-state index contributed by atoms with van der Waals surface area (Å²) in [4.78, 5) is 24.2. The lowest BCUT2D eigenvalue weighted by molar-refractivity contribution is 0.0694. The van der Waals surface area contributed by atoms with Crippen molar-refractivity contribution in [2.75, 3.05) is 6.61 Å². The molecule has 0 amide bonds. The summed E-state index contributed by atoms with van der Waals surface area (Å²) in [6.07, 6.45) is 2.03. The van der Waals surface area contributed by atoms with Crippen molar-refractivity contribution in [2.45, 2.75) is 25.8 Å². The molecule has 1 atom stereocenters. The largest absolute Gasteiger partial charge is 0.477 e. The molecule has 2 N–H and O–H groups in total. The van der Waals surface area contributed by atoms with Crippen molar-refractivity contribution in [1.29, 1.82) is 0 Å². The number of carbonyl (C=O) groups is 1. The van der Waals surface area contributed by atoms with Crippen molar-refractivity contribution >= 4 is 28.5 Å². The SMILES string of the molecule is CC[C@@H](CO)n1cc(C(=O)O)c(=O)c2cc(Cc3cccc(Cl)c3F)ccc21. The number of rotatable bonds is 6. The first kappa shape index (κ1) is 20.0. The van der Waals surface area contributed by atoms with Crippen molar-refractivity contribution in [3.8, 4) is 0 Å². The maximum Gasteiger partial charge on any atom is 0.341 e. The normalized spacial score (nSPS) is 12.3. The molecule has 0 aliphatic carbocycles. The number of fused-ring (bicyclic) bond motifs is 1. The van der Waals surface area contributed by atoms with E-state index in [1.807, 2.05) is 6.92 Å². The van der Waals surface area contributed by atoms with Gasteiger partial charge in [-0.05, 0) is 35.7 Å². The van der Waals surface area contributed by atoms with Crippen molar-refractivity contribution in [1.82, 2.24) is 4.57 Å². The first-order valence-electron chi connectivity index (χ1n) is 8.82. The Balaban J connectivity index is 2.19. The van der Waals surface area contributed by atoms with E-state index in [-0.39, 0.29) is 35.0 Å². The minimum Gasteiger partial charge on any atom is -0.477 e. The van der Waals surface area contributed by atoms with Crippen LogP contribution >= 0.6 is 11.6 Å². The monoisotopic (exact) mass is 403 g/mol. The van der Waals surface area contributed by atoms with Crippen LogP contribution in [0.2, 0.25) is 5.02 Å². The molecular formula is C21H19ClFNO4. The number of hydrogen-bond acceptors (Lipinski definition) is 3. The second-order valence-electron chi connectivity index (χ2n) is 6.57. The van der Waals surface area contributed by atoms with Gasteiger partial charge in [0.15, 0.2) is 0 Å². The maximum atomic E-state index is 14.2. The molecule has 0 unspecified atom stereocenters. The van der Waals surface area contributed by atoms with Crippen molar-refractivity contribution < 1.29 is 19.4 Å². The van der Waals surface area contributed by atoms with E-state index in [1.54, 1.807) is 34.9 Å². The lowest BCUT2D eigenvalue weighted by Crippen LogP contribution is -2.22. The summed E-state index contributed by atoms with van der Waals surface area (Å²) in [5, 5.41) is 19.3. The summed E-state index contributed by atoms with van der Waals surface area (Å²) in [6, 6.07) is 9.36. The van der Waals surface area contributed by atoms with Gasteiger partial charge in [0.25, 0.3) is 0 Å². The third kappa shape index (κ3) is 3.66. The summed E-state index contributed by atoms with van der Waals surface area (Å²) in [5.74, 6) is -1.85. The van der Waals surface area contributed by atoms with Crippen molar-refractivity contribution in [3.05, 3.63) is 80.3 Å². The number of benzene rings is 2. The van der Waals surface area contributed by atoms with Gasteiger partial charge in [-0.15, -0.1) is 0 Å². The molecule has 28 heavy (non-hydrogen) atoms. The first-order chi connectivity index (χ1) is 13.4. The first-order valence-corrected chi connectivity index (χ1v) is 9.20. The average molecular weight is 404 g/mol. The fourth-order valence-corrected chi connectivity index (χ4v) is 3.48. The summed E-state index contributed by atoms with van der Waals surface area (Å²) >= 11 is 5.83. The van der Waals surface area contributed by atoms with Crippen molar-refractivity contribution in [3.63, 3.8) is 0 Å². The zero-order chi connectivity index (χ0) is 20.4. The number of hydrogen-bond donors (Lipinski definition) is 2. The fourth-order valence-electron chi connectivity index (χ4n) is 3.29. The van der Waals surface area contributed by atoms with Gasteiger partial charge in [0.05, 0.1) is 23.2 Å². The molecular weight excluding hydrogens is 385 g/mol. The molecule has 0 aliphatic heterocycles. The highest BCUT2D eigenvalue weighted by Crippen LogP contribution is 2.24. The number of nitrogens with zero attached hydrogens (tertiary/aromatic N) is 1. The van der Waals surface area contributed by atoms with Gasteiger partial charge in [-0.3, -0.25) is 4.79 Å². The number of carboxylic acid groups (broad SMARTS) is 1. The molecule has 0 spiro atoms. The number of pyridine rings is 1. The molecule has 1 heterocycles. The lowest BCUT2D eigenvalue weighted by Gasteiger charge is -2.20. The highest BCUT2D eigenvalue weighted by Gasteiger charge is 2.19. The van der Waals surface area contributed by atoms with Gasteiger partial charge >= 0.3 is 5.97 Å². The van der Waals surface area contributed by atoms with Crippen LogP contribution in [0.1, 0.15) is 40.9 Å². The van der Waals surface area contributed by atoms with Crippen LogP contribution in [0, 0.1) is 5.82 Å². The van der Waals surface area contributed by atoms with Gasteiger partial charge < -0.3 is 14.8 Å². The third-order valence-corrected chi connectivity index (χ3v) is 5.12. The van der Waals surface area contributed by atoms with Crippen molar-refractivity contribution in [2.24, 2.45) is 0 Å². The minimum absolute atomic E-state index is 0.0162. The predicted molar refractivity (Wildman–Crippen MR) is 106 cm³/mol. The molecule has 2 aromatic carbocycles. The van der Waals surface area contributed by atoms with Gasteiger partial charge in [0, 0.05) is 18.0 Å². The molecule has 3 aromatic rings. The smallest absolute Gasteiger partial charge is 0.341 e. The zero-order valence-corrected chi connectivity index (χ0v) is 15.9. The van der Waals surface area contributed by atoms with E-state index in [1.165, 1.54) is 12.3 Å². The number of halogens is 2. The molecule has 0 radical (unpaired) electrons. The van der Waals surface area contributed by atoms with Crippen LogP contribution in [0.15, 0.2) is 47.4 Å². The summed E-state index contributed by atoms with van der Waals surface area (Å²) < 4.78 is 15.8. The zero-order valence-electron chi connectivity index (χ0n) is 15.2. The Morgan fingerprint density at radius 3 is 2.68 bits per heavy atom. The standard InChI is InChI=1S/C21H19ClFNO4/c1-2-14(11-25)24-10-16(21(27)28)20(26)15-9-12(6-7-18(15)24)8-13-4-3-5-17(22)19(13)23/h3-7,9-10,14,25H,2,8,11H2,1H3,(H,27,28)/t14-/m0/s1.